The van der Waals surface area contributed by atoms with Crippen molar-refractivity contribution in [2.75, 3.05) is 6.54 Å². The van der Waals surface area contributed by atoms with Gasteiger partial charge in [-0.2, -0.15) is 0 Å². The molecule has 4 aliphatic heterocycles. The Morgan fingerprint density at radius 3 is 2.56 bits per heavy atom. The molecule has 1 saturated carbocycles. The van der Waals surface area contributed by atoms with Crippen molar-refractivity contribution in [3.63, 3.8) is 0 Å². The Balaban J connectivity index is 1.51. The molecule has 0 spiro atoms. The summed E-state index contributed by atoms with van der Waals surface area (Å²) in [4.78, 5) is 27.3. The standard InChI is InChI=1S/C22H33NO4/c1-4-13-14-7-5-6-8-23-16(17-9-11(2)21(24)26-17)10-15(19(14)23)18-12(3)22(25)27-20(13)18/h11-20H,4-10H2,1-3H3/t11-,12-,13+,14+,15-,16?,17-,18?,19+,20+/m0/s1. The van der Waals surface area contributed by atoms with Gasteiger partial charge in [0, 0.05) is 23.9 Å². The predicted octanol–water partition coefficient (Wildman–Crippen LogP) is 3.01. The molecule has 5 aliphatic rings. The number of nitrogens with zero attached hydrogens (tertiary/aromatic N) is 1. The van der Waals surface area contributed by atoms with Gasteiger partial charge in [-0.15, -0.1) is 0 Å². The van der Waals surface area contributed by atoms with Crippen molar-refractivity contribution in [1.82, 2.24) is 4.90 Å². The summed E-state index contributed by atoms with van der Waals surface area (Å²) in [6.07, 6.45) is 6.87. The molecule has 5 rings (SSSR count). The number of rotatable bonds is 2. The molecular formula is C22H33NO4. The predicted molar refractivity (Wildman–Crippen MR) is 99.7 cm³/mol. The second-order valence-electron chi connectivity index (χ2n) is 9.81. The molecule has 150 valence electrons. The van der Waals surface area contributed by atoms with Gasteiger partial charge in [0.2, 0.25) is 0 Å². The van der Waals surface area contributed by atoms with Crippen molar-refractivity contribution in [2.24, 2.45) is 35.5 Å². The maximum absolute atomic E-state index is 12.5. The van der Waals surface area contributed by atoms with Crippen LogP contribution in [0.2, 0.25) is 0 Å². The van der Waals surface area contributed by atoms with Gasteiger partial charge in [0.05, 0.1) is 11.8 Å². The molecule has 27 heavy (non-hydrogen) atoms. The van der Waals surface area contributed by atoms with Crippen molar-refractivity contribution < 1.29 is 19.1 Å². The Morgan fingerprint density at radius 1 is 1.04 bits per heavy atom. The van der Waals surface area contributed by atoms with Gasteiger partial charge in [-0.1, -0.05) is 27.2 Å². The van der Waals surface area contributed by atoms with Crippen LogP contribution in [0.5, 0.6) is 0 Å². The van der Waals surface area contributed by atoms with E-state index >= 15 is 0 Å². The second-order valence-corrected chi connectivity index (χ2v) is 9.81. The van der Waals surface area contributed by atoms with E-state index in [1.54, 1.807) is 0 Å². The minimum atomic E-state index is -0.0294. The topological polar surface area (TPSA) is 55.8 Å². The Hall–Kier alpha value is -1.10. The zero-order valence-corrected chi connectivity index (χ0v) is 16.8. The zero-order chi connectivity index (χ0) is 18.9. The largest absolute Gasteiger partial charge is 0.462 e. The fraction of sp³-hybridized carbons (Fsp3) is 0.909. The van der Waals surface area contributed by atoms with Crippen LogP contribution in [0.1, 0.15) is 59.3 Å². The van der Waals surface area contributed by atoms with Crippen LogP contribution in [0.3, 0.4) is 0 Å². The summed E-state index contributed by atoms with van der Waals surface area (Å²) >= 11 is 0. The Bertz CT molecular complexity index is 636. The third-order valence-corrected chi connectivity index (χ3v) is 8.61. The third kappa shape index (κ3) is 2.53. The molecule has 10 atom stereocenters. The van der Waals surface area contributed by atoms with Crippen LogP contribution in [0.15, 0.2) is 0 Å². The molecule has 0 aromatic rings. The number of fused-ring (bicyclic) bond motifs is 2. The minimum Gasteiger partial charge on any atom is -0.462 e. The summed E-state index contributed by atoms with van der Waals surface area (Å²) in [7, 11) is 0. The maximum Gasteiger partial charge on any atom is 0.309 e. The summed E-state index contributed by atoms with van der Waals surface area (Å²) < 4.78 is 11.8. The summed E-state index contributed by atoms with van der Waals surface area (Å²) in [6, 6.07) is 0.865. The van der Waals surface area contributed by atoms with Crippen LogP contribution < -0.4 is 0 Å². The van der Waals surface area contributed by atoms with E-state index in [1.807, 2.05) is 6.92 Å². The van der Waals surface area contributed by atoms with E-state index in [0.29, 0.717) is 35.8 Å². The normalized spacial score (nSPS) is 52.1. The fourth-order valence-electron chi connectivity index (χ4n) is 7.48. The highest BCUT2D eigenvalue weighted by molar-refractivity contribution is 5.75. The lowest BCUT2D eigenvalue weighted by Crippen LogP contribution is -2.54. The first-order valence-electron chi connectivity index (χ1n) is 11.2. The highest BCUT2D eigenvalue weighted by atomic mass is 16.6. The van der Waals surface area contributed by atoms with E-state index in [-0.39, 0.29) is 36.0 Å². The number of carbonyl (C=O) groups excluding carboxylic acids is 2. The number of cyclic esters (lactones) is 1. The van der Waals surface area contributed by atoms with Crippen LogP contribution in [-0.2, 0) is 19.1 Å². The molecule has 1 aliphatic carbocycles. The van der Waals surface area contributed by atoms with Gasteiger partial charge in [0.25, 0.3) is 0 Å². The number of hydrogen-bond donors (Lipinski definition) is 0. The molecule has 0 aromatic carbocycles. The molecule has 5 heteroatoms. The quantitative estimate of drug-likeness (QED) is 0.695. The van der Waals surface area contributed by atoms with Gasteiger partial charge >= 0.3 is 11.9 Å². The third-order valence-electron chi connectivity index (χ3n) is 8.61. The van der Waals surface area contributed by atoms with E-state index in [2.05, 4.69) is 18.7 Å². The van der Waals surface area contributed by atoms with Gasteiger partial charge in [-0.05, 0) is 50.5 Å². The first kappa shape index (κ1) is 18.0. The molecule has 2 unspecified atom stereocenters. The van der Waals surface area contributed by atoms with E-state index in [9.17, 15) is 9.59 Å². The van der Waals surface area contributed by atoms with Crippen LogP contribution >= 0.6 is 0 Å². The Morgan fingerprint density at radius 2 is 1.85 bits per heavy atom. The number of carbonyl (C=O) groups is 2. The van der Waals surface area contributed by atoms with Crippen molar-refractivity contribution in [2.45, 2.75) is 83.6 Å². The summed E-state index contributed by atoms with van der Waals surface area (Å²) in [5.41, 5.74) is 0. The average Bonchev–Trinajstić information content (AvgIpc) is 3.20. The van der Waals surface area contributed by atoms with E-state index < -0.39 is 0 Å². The molecule has 0 aromatic heterocycles. The average molecular weight is 376 g/mol. The van der Waals surface area contributed by atoms with Gasteiger partial charge in [0.1, 0.15) is 12.2 Å². The van der Waals surface area contributed by atoms with Gasteiger partial charge in [-0.3, -0.25) is 14.5 Å². The number of esters is 2. The maximum atomic E-state index is 12.5. The monoisotopic (exact) mass is 375 g/mol. The molecule has 0 N–H and O–H groups in total. The molecule has 5 nitrogen and oxygen atoms in total. The molecule has 0 radical (unpaired) electrons. The smallest absolute Gasteiger partial charge is 0.309 e. The van der Waals surface area contributed by atoms with Crippen molar-refractivity contribution in [3.05, 3.63) is 0 Å². The molecule has 4 saturated heterocycles. The molecule has 4 heterocycles. The van der Waals surface area contributed by atoms with Gasteiger partial charge < -0.3 is 9.47 Å². The number of hydrogen-bond acceptors (Lipinski definition) is 5. The van der Waals surface area contributed by atoms with Crippen LogP contribution in [0.4, 0.5) is 0 Å². The van der Waals surface area contributed by atoms with E-state index in [0.717, 1.165) is 25.8 Å². The first-order chi connectivity index (χ1) is 13.0. The first-order valence-corrected chi connectivity index (χ1v) is 11.2. The van der Waals surface area contributed by atoms with Gasteiger partial charge in [0.15, 0.2) is 0 Å². The second kappa shape index (κ2) is 6.47. The summed E-state index contributed by atoms with van der Waals surface area (Å²) in [5, 5.41) is 0. The Labute approximate surface area is 162 Å². The minimum absolute atomic E-state index is 0.00362. The SMILES string of the molecule is CC[C@@H]1[C@H]2CCCCN3C([C@@H]4C[C@H](C)C(=O)O4)C[C@@H](C4[C@H](C)C(=O)O[C@@H]41)[C@@H]23. The van der Waals surface area contributed by atoms with Gasteiger partial charge in [-0.25, -0.2) is 0 Å². The highest BCUT2D eigenvalue weighted by Gasteiger charge is 2.63. The fourth-order valence-corrected chi connectivity index (χ4v) is 7.48. The molecule has 5 fully saturated rings. The lowest BCUT2D eigenvalue weighted by atomic mass is 9.60. The lowest BCUT2D eigenvalue weighted by Gasteiger charge is -2.48. The van der Waals surface area contributed by atoms with Crippen LogP contribution in [0.25, 0.3) is 0 Å². The number of ether oxygens (including phenoxy) is 2. The van der Waals surface area contributed by atoms with Crippen LogP contribution in [0, 0.1) is 35.5 Å². The molecule has 0 bridgehead atoms. The summed E-state index contributed by atoms with van der Waals surface area (Å²) in [5.74, 6) is 1.94. The zero-order valence-electron chi connectivity index (χ0n) is 16.8. The summed E-state index contributed by atoms with van der Waals surface area (Å²) in [6.45, 7) is 7.44. The van der Waals surface area contributed by atoms with Crippen molar-refractivity contribution in [1.29, 1.82) is 0 Å². The van der Waals surface area contributed by atoms with Crippen LogP contribution in [-0.4, -0.2) is 47.7 Å². The lowest BCUT2D eigenvalue weighted by molar-refractivity contribution is -0.148. The molecule has 0 amide bonds. The van der Waals surface area contributed by atoms with Crippen molar-refractivity contribution in [3.8, 4) is 0 Å². The molecular weight excluding hydrogens is 342 g/mol. The van der Waals surface area contributed by atoms with Crippen molar-refractivity contribution >= 4 is 11.9 Å². The van der Waals surface area contributed by atoms with E-state index in [1.165, 1.54) is 19.3 Å². The Kier molecular flexibility index (Phi) is 4.30. The van der Waals surface area contributed by atoms with E-state index in [4.69, 9.17) is 9.47 Å². The highest BCUT2D eigenvalue weighted by Crippen LogP contribution is 2.57.